The van der Waals surface area contributed by atoms with Crippen molar-refractivity contribution in [1.82, 2.24) is 5.32 Å². The number of carbonyl (C=O) groups excluding carboxylic acids is 1. The van der Waals surface area contributed by atoms with Crippen LogP contribution in [0.15, 0.2) is 42.5 Å². The average molecular weight is 366 g/mol. The van der Waals surface area contributed by atoms with E-state index in [0.29, 0.717) is 0 Å². The van der Waals surface area contributed by atoms with Crippen molar-refractivity contribution in [1.29, 1.82) is 5.26 Å². The molecule has 3 N–H and O–H groups in total. The number of benzene rings is 2. The molecule has 0 heterocycles. The van der Waals surface area contributed by atoms with Crippen LogP contribution in [0.2, 0.25) is 0 Å². The lowest BCUT2D eigenvalue weighted by molar-refractivity contribution is -0.136. The van der Waals surface area contributed by atoms with Gasteiger partial charge in [-0.1, -0.05) is 18.2 Å². The molecule has 0 aliphatic rings. The summed E-state index contributed by atoms with van der Waals surface area (Å²) in [4.78, 5) is 11.8. The predicted molar refractivity (Wildman–Crippen MR) is 88.1 cm³/mol. The fraction of sp³-hybridized carbons (Fsp3) is 0.176. The van der Waals surface area contributed by atoms with Crippen LogP contribution in [-0.2, 0) is 6.18 Å². The third kappa shape index (κ3) is 4.86. The molecule has 5 nitrogen and oxygen atoms in total. The van der Waals surface area contributed by atoms with E-state index >= 15 is 0 Å². The van der Waals surface area contributed by atoms with Crippen molar-refractivity contribution in [2.75, 3.05) is 23.7 Å². The molecule has 0 atom stereocenters. The molecule has 0 aromatic heterocycles. The van der Waals surface area contributed by atoms with Gasteiger partial charge in [0.25, 0.3) is 0 Å². The van der Waals surface area contributed by atoms with E-state index in [4.69, 9.17) is 5.26 Å². The SMILES string of the molecule is N#Cc1c(F)cccc1NCCNC(=O)Nc1ccccc1C(F)(F)F. The van der Waals surface area contributed by atoms with Crippen LogP contribution in [0.5, 0.6) is 0 Å². The number of hydrogen-bond donors (Lipinski definition) is 3. The van der Waals surface area contributed by atoms with Crippen molar-refractivity contribution in [3.8, 4) is 6.07 Å². The summed E-state index contributed by atoms with van der Waals surface area (Å²) in [6, 6.07) is 9.59. The van der Waals surface area contributed by atoms with E-state index in [1.165, 1.54) is 24.3 Å². The van der Waals surface area contributed by atoms with Crippen LogP contribution in [-0.4, -0.2) is 19.1 Å². The summed E-state index contributed by atoms with van der Waals surface area (Å²) in [6.07, 6.45) is -4.59. The number of hydrogen-bond acceptors (Lipinski definition) is 3. The zero-order valence-corrected chi connectivity index (χ0v) is 13.3. The molecule has 0 spiro atoms. The Morgan fingerprint density at radius 2 is 1.73 bits per heavy atom. The topological polar surface area (TPSA) is 77.0 Å². The number of urea groups is 1. The van der Waals surface area contributed by atoms with E-state index in [1.54, 1.807) is 6.07 Å². The Balaban J connectivity index is 1.88. The normalized spacial score (nSPS) is 10.7. The van der Waals surface area contributed by atoms with Crippen LogP contribution in [0.1, 0.15) is 11.1 Å². The van der Waals surface area contributed by atoms with Gasteiger partial charge in [-0.2, -0.15) is 18.4 Å². The molecule has 0 radical (unpaired) electrons. The lowest BCUT2D eigenvalue weighted by Gasteiger charge is -2.14. The molecule has 2 aromatic carbocycles. The molecule has 9 heteroatoms. The van der Waals surface area contributed by atoms with E-state index in [0.717, 1.165) is 18.2 Å². The Hall–Kier alpha value is -3.28. The molecule has 2 amide bonds. The summed E-state index contributed by atoms with van der Waals surface area (Å²) in [5.74, 6) is -0.674. The lowest BCUT2D eigenvalue weighted by Crippen LogP contribution is -2.33. The fourth-order valence-electron chi connectivity index (χ4n) is 2.16. The number of carbonyl (C=O) groups is 1. The Morgan fingerprint density at radius 1 is 1.04 bits per heavy atom. The van der Waals surface area contributed by atoms with Gasteiger partial charge in [0, 0.05) is 13.1 Å². The van der Waals surface area contributed by atoms with E-state index in [-0.39, 0.29) is 30.0 Å². The summed E-state index contributed by atoms with van der Waals surface area (Å²) in [7, 11) is 0. The first-order valence-corrected chi connectivity index (χ1v) is 7.46. The van der Waals surface area contributed by atoms with E-state index in [9.17, 15) is 22.4 Å². The number of anilines is 2. The summed E-state index contributed by atoms with van der Waals surface area (Å²) in [5.41, 5.74) is -1.21. The second kappa shape index (κ2) is 8.20. The molecular formula is C17H14F4N4O. The molecular weight excluding hydrogens is 352 g/mol. The quantitative estimate of drug-likeness (QED) is 0.554. The van der Waals surface area contributed by atoms with Crippen LogP contribution in [0, 0.1) is 17.1 Å². The van der Waals surface area contributed by atoms with Gasteiger partial charge < -0.3 is 16.0 Å². The van der Waals surface area contributed by atoms with Gasteiger partial charge in [0.2, 0.25) is 0 Å². The highest BCUT2D eigenvalue weighted by molar-refractivity contribution is 5.90. The number of halogens is 4. The van der Waals surface area contributed by atoms with Gasteiger partial charge in [-0.3, -0.25) is 0 Å². The van der Waals surface area contributed by atoms with E-state index in [1.807, 2.05) is 0 Å². The highest BCUT2D eigenvalue weighted by Crippen LogP contribution is 2.34. The molecule has 0 fully saturated rings. The van der Waals surface area contributed by atoms with Crippen LogP contribution >= 0.6 is 0 Å². The highest BCUT2D eigenvalue weighted by atomic mass is 19.4. The maximum Gasteiger partial charge on any atom is 0.418 e. The zero-order valence-electron chi connectivity index (χ0n) is 13.3. The van der Waals surface area contributed by atoms with Crippen molar-refractivity contribution in [2.24, 2.45) is 0 Å². The maximum atomic E-state index is 13.4. The van der Waals surface area contributed by atoms with Gasteiger partial charge in [-0.05, 0) is 24.3 Å². The first-order valence-electron chi connectivity index (χ1n) is 7.46. The van der Waals surface area contributed by atoms with E-state index < -0.39 is 23.6 Å². The molecule has 0 bridgehead atoms. The van der Waals surface area contributed by atoms with Gasteiger partial charge in [0.1, 0.15) is 17.4 Å². The second-order valence-electron chi connectivity index (χ2n) is 5.13. The van der Waals surface area contributed by atoms with E-state index in [2.05, 4.69) is 16.0 Å². The number of para-hydroxylation sites is 1. The molecule has 0 unspecified atom stereocenters. The lowest BCUT2D eigenvalue weighted by atomic mass is 10.1. The summed E-state index contributed by atoms with van der Waals surface area (Å²) >= 11 is 0. The van der Waals surface area contributed by atoms with Gasteiger partial charge in [0.15, 0.2) is 0 Å². The Labute approximate surface area is 146 Å². The molecule has 136 valence electrons. The number of alkyl halides is 3. The number of amides is 2. The molecule has 0 aliphatic carbocycles. The van der Waals surface area contributed by atoms with Crippen molar-refractivity contribution in [3.05, 3.63) is 59.4 Å². The predicted octanol–water partition coefficient (Wildman–Crippen LogP) is 3.95. The first kappa shape index (κ1) is 19.1. The maximum absolute atomic E-state index is 13.4. The minimum atomic E-state index is -4.59. The second-order valence-corrected chi connectivity index (χ2v) is 5.13. The van der Waals surface area contributed by atoms with Gasteiger partial charge >= 0.3 is 12.2 Å². The molecule has 0 saturated heterocycles. The van der Waals surface area contributed by atoms with Crippen molar-refractivity contribution in [2.45, 2.75) is 6.18 Å². The minimum Gasteiger partial charge on any atom is -0.382 e. The first-order chi connectivity index (χ1) is 12.3. The number of nitrogens with one attached hydrogen (secondary N) is 3. The third-order valence-corrected chi connectivity index (χ3v) is 3.33. The molecule has 2 aromatic rings. The standard InChI is InChI=1S/C17H14F4N4O/c18-13-5-3-7-14(11(13)10-22)23-8-9-24-16(26)25-15-6-2-1-4-12(15)17(19,20)21/h1-7,23H,8-9H2,(H2,24,25,26). The van der Waals surface area contributed by atoms with Gasteiger partial charge in [-0.25, -0.2) is 9.18 Å². The number of nitrogens with zero attached hydrogens (tertiary/aromatic N) is 1. The molecule has 0 saturated carbocycles. The van der Waals surface area contributed by atoms with Crippen LogP contribution in [0.25, 0.3) is 0 Å². The van der Waals surface area contributed by atoms with Crippen molar-refractivity contribution >= 4 is 17.4 Å². The fourth-order valence-corrected chi connectivity index (χ4v) is 2.16. The van der Waals surface area contributed by atoms with Crippen LogP contribution < -0.4 is 16.0 Å². The van der Waals surface area contributed by atoms with Crippen molar-refractivity contribution in [3.63, 3.8) is 0 Å². The Bertz CT molecular complexity index is 830. The van der Waals surface area contributed by atoms with Gasteiger partial charge in [-0.15, -0.1) is 0 Å². The Morgan fingerprint density at radius 3 is 2.42 bits per heavy atom. The van der Waals surface area contributed by atoms with Crippen LogP contribution in [0.4, 0.5) is 33.7 Å². The van der Waals surface area contributed by atoms with Crippen molar-refractivity contribution < 1.29 is 22.4 Å². The monoisotopic (exact) mass is 366 g/mol. The largest absolute Gasteiger partial charge is 0.418 e. The summed E-state index contributed by atoms with van der Waals surface area (Å²) in [6.45, 7) is 0.188. The Kier molecular flexibility index (Phi) is 6.01. The highest BCUT2D eigenvalue weighted by Gasteiger charge is 2.33. The number of rotatable bonds is 5. The molecule has 0 aliphatic heterocycles. The van der Waals surface area contributed by atoms with Gasteiger partial charge in [0.05, 0.1) is 16.9 Å². The zero-order chi connectivity index (χ0) is 19.2. The summed E-state index contributed by atoms with van der Waals surface area (Å²) < 4.78 is 52.0. The minimum absolute atomic E-state index is 0.0431. The molecule has 2 rings (SSSR count). The number of nitriles is 1. The van der Waals surface area contributed by atoms with Crippen LogP contribution in [0.3, 0.4) is 0 Å². The molecule has 26 heavy (non-hydrogen) atoms. The third-order valence-electron chi connectivity index (χ3n) is 3.33. The average Bonchev–Trinajstić information content (AvgIpc) is 2.58. The summed E-state index contributed by atoms with van der Waals surface area (Å²) in [5, 5.41) is 16.2. The smallest absolute Gasteiger partial charge is 0.382 e.